The van der Waals surface area contributed by atoms with Crippen LogP contribution in [0.25, 0.3) is 10.9 Å². The maximum Gasteiger partial charge on any atom is 0.245 e. The number of amides is 5. The Morgan fingerprint density at radius 2 is 1.76 bits per heavy atom. The molecular weight excluding hydrogens is 580 g/mol. The first kappa shape index (κ1) is 34.8. The van der Waals surface area contributed by atoms with Gasteiger partial charge in [-0.15, -0.1) is 0 Å². The number of fused-ring (bicyclic) bond motifs is 1. The van der Waals surface area contributed by atoms with Gasteiger partial charge in [-0.3, -0.25) is 29.4 Å². The molecule has 1 fully saturated rings. The summed E-state index contributed by atoms with van der Waals surface area (Å²) in [5.74, 6) is -2.83. The fraction of sp³-hybridized carbons (Fsp3) is 0.533. The molecule has 1 saturated heterocycles. The second-order valence-corrected chi connectivity index (χ2v) is 11.8. The molecule has 45 heavy (non-hydrogen) atoms. The van der Waals surface area contributed by atoms with Gasteiger partial charge in [-0.2, -0.15) is 0 Å². The van der Waals surface area contributed by atoms with E-state index in [1.165, 1.54) is 4.90 Å². The van der Waals surface area contributed by atoms with Crippen LogP contribution in [0.15, 0.2) is 30.5 Å². The molecule has 0 radical (unpaired) electrons. The Morgan fingerprint density at radius 1 is 1.04 bits per heavy atom. The van der Waals surface area contributed by atoms with Crippen molar-refractivity contribution in [1.82, 2.24) is 31.2 Å². The zero-order valence-electron chi connectivity index (χ0n) is 25.9. The fourth-order valence-electron chi connectivity index (χ4n) is 5.48. The SMILES string of the molecule is CC(C)C[C@@H](N)C(=O)N[C@@H](Cc1c[nH]c2ccccc12)C(=O)N[C@@H](CCCNC(=N)N)C(=O)N1CCC[C@H]1C(=O)NCC(N)=O. The van der Waals surface area contributed by atoms with Crippen molar-refractivity contribution in [3.8, 4) is 0 Å². The number of benzene rings is 1. The number of carbonyl (C=O) groups is 5. The number of rotatable bonds is 16. The van der Waals surface area contributed by atoms with Gasteiger partial charge >= 0.3 is 0 Å². The van der Waals surface area contributed by atoms with Gasteiger partial charge in [0.25, 0.3) is 0 Å². The van der Waals surface area contributed by atoms with Crippen LogP contribution in [0.4, 0.5) is 0 Å². The zero-order chi connectivity index (χ0) is 33.1. The van der Waals surface area contributed by atoms with Crippen molar-refractivity contribution in [3.05, 3.63) is 36.0 Å². The van der Waals surface area contributed by atoms with E-state index in [9.17, 15) is 24.0 Å². The van der Waals surface area contributed by atoms with Crippen molar-refractivity contribution in [3.63, 3.8) is 0 Å². The van der Waals surface area contributed by atoms with E-state index in [0.717, 1.165) is 16.5 Å². The predicted molar refractivity (Wildman–Crippen MR) is 169 cm³/mol. The number of H-pyrrole nitrogens is 1. The van der Waals surface area contributed by atoms with E-state index >= 15 is 0 Å². The molecule has 1 aromatic heterocycles. The molecule has 1 aliphatic rings. The van der Waals surface area contributed by atoms with E-state index in [2.05, 4.69) is 26.3 Å². The molecule has 1 aliphatic heterocycles. The highest BCUT2D eigenvalue weighted by Crippen LogP contribution is 2.21. The highest BCUT2D eigenvalue weighted by molar-refractivity contribution is 5.96. The normalized spacial score (nSPS) is 16.5. The van der Waals surface area contributed by atoms with Crippen LogP contribution < -0.4 is 38.5 Å². The average molecular weight is 627 g/mol. The van der Waals surface area contributed by atoms with E-state index in [1.807, 2.05) is 38.1 Å². The van der Waals surface area contributed by atoms with Crippen LogP contribution in [0, 0.1) is 11.3 Å². The van der Waals surface area contributed by atoms with Gasteiger partial charge in [0.2, 0.25) is 29.5 Å². The third kappa shape index (κ3) is 10.2. The number of hydrogen-bond donors (Lipinski definition) is 9. The molecule has 12 N–H and O–H groups in total. The molecule has 246 valence electrons. The highest BCUT2D eigenvalue weighted by atomic mass is 16.2. The minimum absolute atomic E-state index is 0.130. The summed E-state index contributed by atoms with van der Waals surface area (Å²) in [5, 5.41) is 19.0. The summed E-state index contributed by atoms with van der Waals surface area (Å²) in [5.41, 5.74) is 18.4. The Labute approximate surface area is 262 Å². The van der Waals surface area contributed by atoms with Gasteiger partial charge in [-0.05, 0) is 49.7 Å². The quantitative estimate of drug-likeness (QED) is 0.0627. The highest BCUT2D eigenvalue weighted by Gasteiger charge is 2.38. The molecule has 3 rings (SSSR count). The summed E-state index contributed by atoms with van der Waals surface area (Å²) in [4.78, 5) is 69.4. The van der Waals surface area contributed by atoms with Crippen LogP contribution >= 0.6 is 0 Å². The summed E-state index contributed by atoms with van der Waals surface area (Å²) < 4.78 is 0. The van der Waals surface area contributed by atoms with E-state index < -0.39 is 53.7 Å². The number of para-hydroxylation sites is 1. The average Bonchev–Trinajstić information content (AvgIpc) is 3.64. The monoisotopic (exact) mass is 626 g/mol. The Hall–Kier alpha value is -4.66. The van der Waals surface area contributed by atoms with Crippen molar-refractivity contribution >= 4 is 46.4 Å². The van der Waals surface area contributed by atoms with Crippen molar-refractivity contribution in [2.24, 2.45) is 23.1 Å². The lowest BCUT2D eigenvalue weighted by Crippen LogP contribution is -2.58. The van der Waals surface area contributed by atoms with Crippen LogP contribution in [0.3, 0.4) is 0 Å². The van der Waals surface area contributed by atoms with Gasteiger partial charge in [0, 0.05) is 36.6 Å². The number of guanidine groups is 1. The molecule has 0 spiro atoms. The summed E-state index contributed by atoms with van der Waals surface area (Å²) in [6.07, 6.45) is 3.80. The predicted octanol–water partition coefficient (Wildman–Crippen LogP) is -1.09. The molecule has 5 amide bonds. The molecule has 15 nitrogen and oxygen atoms in total. The number of hydrogen-bond acceptors (Lipinski definition) is 7. The van der Waals surface area contributed by atoms with Gasteiger partial charge in [0.1, 0.15) is 18.1 Å². The van der Waals surface area contributed by atoms with Crippen molar-refractivity contribution in [2.45, 2.75) is 76.5 Å². The lowest BCUT2D eigenvalue weighted by Gasteiger charge is -2.30. The topological polar surface area (TPSA) is 254 Å². The first-order valence-electron chi connectivity index (χ1n) is 15.2. The van der Waals surface area contributed by atoms with Crippen LogP contribution in [-0.4, -0.2) is 89.2 Å². The van der Waals surface area contributed by atoms with Crippen LogP contribution in [0.5, 0.6) is 0 Å². The molecular formula is C30H46N10O5. The summed E-state index contributed by atoms with van der Waals surface area (Å²) in [7, 11) is 0. The van der Waals surface area contributed by atoms with Crippen LogP contribution in [-0.2, 0) is 30.4 Å². The first-order valence-corrected chi connectivity index (χ1v) is 15.2. The Kier molecular flexibility index (Phi) is 12.7. The molecule has 2 heterocycles. The maximum absolute atomic E-state index is 13.9. The number of primary amides is 1. The van der Waals surface area contributed by atoms with Crippen molar-refractivity contribution < 1.29 is 24.0 Å². The van der Waals surface area contributed by atoms with Gasteiger partial charge in [-0.1, -0.05) is 32.0 Å². The number of aromatic amines is 1. The molecule has 15 heteroatoms. The smallest absolute Gasteiger partial charge is 0.245 e. The maximum atomic E-state index is 13.9. The standard InChI is InChI=1S/C30H46N10O5/c1-17(2)13-20(31)26(42)39-23(14-18-15-36-21-8-4-3-7-19(18)21)27(43)38-22(9-5-11-35-30(33)34)29(45)40-12-6-10-24(40)28(44)37-16-25(32)41/h3-4,7-8,15,17,20,22-24,36H,5-6,9-14,16,31H2,1-2H3,(H2,32,41)(H,37,44)(H,38,43)(H,39,42)(H4,33,34,35)/t20-,22+,23+,24+/m1/s1. The molecule has 0 aliphatic carbocycles. The minimum atomic E-state index is -1.06. The van der Waals surface area contributed by atoms with Gasteiger partial charge in [0.05, 0.1) is 12.6 Å². The number of nitrogens with one attached hydrogen (secondary N) is 6. The lowest BCUT2D eigenvalue weighted by atomic mass is 10.0. The summed E-state index contributed by atoms with van der Waals surface area (Å²) >= 11 is 0. The fourth-order valence-corrected chi connectivity index (χ4v) is 5.48. The minimum Gasteiger partial charge on any atom is -0.370 e. The third-order valence-corrected chi connectivity index (χ3v) is 7.67. The number of nitrogens with zero attached hydrogens (tertiary/aromatic N) is 1. The number of aromatic nitrogens is 1. The lowest BCUT2D eigenvalue weighted by molar-refractivity contribution is -0.142. The largest absolute Gasteiger partial charge is 0.370 e. The summed E-state index contributed by atoms with van der Waals surface area (Å²) in [6.45, 7) is 4.09. The van der Waals surface area contributed by atoms with Gasteiger partial charge in [0.15, 0.2) is 5.96 Å². The number of carbonyl (C=O) groups excluding carboxylic acids is 5. The first-order chi connectivity index (χ1) is 21.4. The molecule has 0 saturated carbocycles. The van der Waals surface area contributed by atoms with Gasteiger partial charge in [-0.25, -0.2) is 0 Å². The Morgan fingerprint density at radius 3 is 2.44 bits per heavy atom. The second-order valence-electron chi connectivity index (χ2n) is 11.8. The van der Waals surface area contributed by atoms with E-state index in [1.54, 1.807) is 6.20 Å². The molecule has 2 aromatic rings. The number of likely N-dealkylation sites (tertiary alicyclic amines) is 1. The Balaban J connectivity index is 1.85. The molecule has 0 bridgehead atoms. The molecule has 4 atom stereocenters. The van der Waals surface area contributed by atoms with Gasteiger partial charge < -0.3 is 48.4 Å². The van der Waals surface area contributed by atoms with Crippen molar-refractivity contribution in [2.75, 3.05) is 19.6 Å². The van der Waals surface area contributed by atoms with E-state index in [4.69, 9.17) is 22.6 Å². The Bertz CT molecular complexity index is 1380. The second kappa shape index (κ2) is 16.4. The van der Waals surface area contributed by atoms with Crippen molar-refractivity contribution in [1.29, 1.82) is 5.41 Å². The van der Waals surface area contributed by atoms with E-state index in [0.29, 0.717) is 25.7 Å². The third-order valence-electron chi connectivity index (χ3n) is 7.67. The zero-order valence-corrected chi connectivity index (χ0v) is 25.9. The van der Waals surface area contributed by atoms with Crippen LogP contribution in [0.2, 0.25) is 0 Å². The van der Waals surface area contributed by atoms with E-state index in [-0.39, 0.29) is 44.4 Å². The molecule has 0 unspecified atom stereocenters. The number of nitrogens with two attached hydrogens (primary N) is 3. The molecule has 1 aromatic carbocycles. The summed E-state index contributed by atoms with van der Waals surface area (Å²) in [6, 6.07) is 3.80. The van der Waals surface area contributed by atoms with Crippen LogP contribution in [0.1, 0.15) is 51.5 Å².